The van der Waals surface area contributed by atoms with Crippen LogP contribution < -0.4 is 14.8 Å². The number of piperidine rings is 1. The fraction of sp³-hybridized carbons (Fsp3) is 0.600. The van der Waals surface area contributed by atoms with Crippen LogP contribution in [0.15, 0.2) is 12.1 Å². The van der Waals surface area contributed by atoms with Gasteiger partial charge in [-0.3, -0.25) is 0 Å². The highest BCUT2D eigenvalue weighted by atomic mass is 19.1. The molecule has 0 aromatic heterocycles. The van der Waals surface area contributed by atoms with Crippen molar-refractivity contribution in [2.45, 2.75) is 25.9 Å². The first-order chi connectivity index (χ1) is 9.28. The van der Waals surface area contributed by atoms with Gasteiger partial charge in [0.25, 0.3) is 0 Å². The fourth-order valence-corrected chi connectivity index (χ4v) is 2.71. The van der Waals surface area contributed by atoms with Gasteiger partial charge in [0.15, 0.2) is 0 Å². The molecule has 2 rings (SSSR count). The summed E-state index contributed by atoms with van der Waals surface area (Å²) in [6.07, 6.45) is 3.35. The summed E-state index contributed by atoms with van der Waals surface area (Å²) in [4.78, 5) is 0. The molecule has 4 heteroatoms. The summed E-state index contributed by atoms with van der Waals surface area (Å²) in [7, 11) is 3.20. The molecule has 1 atom stereocenters. The smallest absolute Gasteiger partial charge is 0.128 e. The lowest BCUT2D eigenvalue weighted by Crippen LogP contribution is -2.30. The van der Waals surface area contributed by atoms with Gasteiger partial charge in [-0.2, -0.15) is 0 Å². The van der Waals surface area contributed by atoms with Crippen LogP contribution >= 0.6 is 0 Å². The Morgan fingerprint density at radius 3 is 2.53 bits per heavy atom. The lowest BCUT2D eigenvalue weighted by atomic mass is 9.91. The van der Waals surface area contributed by atoms with Crippen molar-refractivity contribution in [3.63, 3.8) is 0 Å². The predicted molar refractivity (Wildman–Crippen MR) is 73.7 cm³/mol. The molecule has 1 saturated heterocycles. The Hall–Kier alpha value is -1.29. The number of hydrogen-bond acceptors (Lipinski definition) is 3. The van der Waals surface area contributed by atoms with Crippen molar-refractivity contribution in [1.82, 2.24) is 5.32 Å². The molecule has 0 bridgehead atoms. The van der Waals surface area contributed by atoms with Crippen molar-refractivity contribution in [3.8, 4) is 11.5 Å². The number of alkyl halides is 1. The molecule has 1 aromatic rings. The second-order valence-corrected chi connectivity index (χ2v) is 5.03. The molecule has 0 amide bonds. The van der Waals surface area contributed by atoms with Crippen LogP contribution in [0.25, 0.3) is 0 Å². The van der Waals surface area contributed by atoms with Crippen molar-refractivity contribution < 1.29 is 13.9 Å². The largest absolute Gasteiger partial charge is 0.496 e. The third-order valence-electron chi connectivity index (χ3n) is 3.73. The summed E-state index contributed by atoms with van der Waals surface area (Å²) in [6, 6.07) is 3.67. The van der Waals surface area contributed by atoms with Gasteiger partial charge in [-0.05, 0) is 49.9 Å². The zero-order valence-corrected chi connectivity index (χ0v) is 11.7. The van der Waals surface area contributed by atoms with E-state index in [-0.39, 0.29) is 0 Å². The molecule has 0 aliphatic carbocycles. The number of rotatable bonds is 5. The standard InChI is InChI=1S/C15H22FNO2/c1-18-14-8-15(19-2)13(9-16)7-12(14)6-11-4-3-5-17-10-11/h7-8,11,17H,3-6,9-10H2,1-2H3. The van der Waals surface area contributed by atoms with E-state index in [4.69, 9.17) is 9.47 Å². The van der Waals surface area contributed by atoms with Crippen LogP contribution in [-0.4, -0.2) is 27.3 Å². The minimum absolute atomic E-state index is 0.511. The number of nitrogens with one attached hydrogen (secondary N) is 1. The van der Waals surface area contributed by atoms with Crippen LogP contribution in [0.2, 0.25) is 0 Å². The van der Waals surface area contributed by atoms with Crippen LogP contribution in [0, 0.1) is 5.92 Å². The van der Waals surface area contributed by atoms with E-state index in [1.165, 1.54) is 12.8 Å². The molecule has 19 heavy (non-hydrogen) atoms. The van der Waals surface area contributed by atoms with Gasteiger partial charge >= 0.3 is 0 Å². The molecule has 1 aliphatic rings. The number of methoxy groups -OCH3 is 2. The maximum atomic E-state index is 13.0. The zero-order valence-electron chi connectivity index (χ0n) is 11.7. The van der Waals surface area contributed by atoms with Crippen LogP contribution in [-0.2, 0) is 13.1 Å². The Labute approximate surface area is 114 Å². The SMILES string of the molecule is COc1cc(OC)c(CC2CCCNC2)cc1CF. The molecule has 106 valence electrons. The van der Waals surface area contributed by atoms with Gasteiger partial charge in [0, 0.05) is 11.6 Å². The van der Waals surface area contributed by atoms with Gasteiger partial charge in [0.05, 0.1) is 14.2 Å². The van der Waals surface area contributed by atoms with Gasteiger partial charge in [-0.15, -0.1) is 0 Å². The van der Waals surface area contributed by atoms with Gasteiger partial charge < -0.3 is 14.8 Å². The second-order valence-electron chi connectivity index (χ2n) is 5.03. The number of ether oxygens (including phenoxy) is 2. The van der Waals surface area contributed by atoms with Crippen molar-refractivity contribution >= 4 is 0 Å². The van der Waals surface area contributed by atoms with Crippen molar-refractivity contribution in [1.29, 1.82) is 0 Å². The first-order valence-corrected chi connectivity index (χ1v) is 6.79. The first-order valence-electron chi connectivity index (χ1n) is 6.79. The van der Waals surface area contributed by atoms with Gasteiger partial charge in [-0.25, -0.2) is 4.39 Å². The van der Waals surface area contributed by atoms with E-state index in [9.17, 15) is 4.39 Å². The summed E-state index contributed by atoms with van der Waals surface area (Å²) >= 11 is 0. The lowest BCUT2D eigenvalue weighted by molar-refractivity contribution is 0.357. The maximum absolute atomic E-state index is 13.0. The topological polar surface area (TPSA) is 30.5 Å². The van der Waals surface area contributed by atoms with E-state index in [2.05, 4.69) is 5.32 Å². The average Bonchev–Trinajstić information content (AvgIpc) is 2.47. The van der Waals surface area contributed by atoms with E-state index >= 15 is 0 Å². The summed E-state index contributed by atoms with van der Waals surface area (Å²) in [5, 5.41) is 3.40. The van der Waals surface area contributed by atoms with Gasteiger partial charge in [-0.1, -0.05) is 0 Å². The van der Waals surface area contributed by atoms with E-state index < -0.39 is 6.67 Å². The first kappa shape index (κ1) is 14.1. The van der Waals surface area contributed by atoms with E-state index in [0.717, 1.165) is 30.8 Å². The van der Waals surface area contributed by atoms with Crippen LogP contribution in [0.5, 0.6) is 11.5 Å². The molecule has 3 nitrogen and oxygen atoms in total. The molecule has 0 radical (unpaired) electrons. The molecule has 1 N–H and O–H groups in total. The van der Waals surface area contributed by atoms with Crippen molar-refractivity contribution in [2.75, 3.05) is 27.3 Å². The predicted octanol–water partition coefficient (Wildman–Crippen LogP) is 2.72. The molecule has 1 fully saturated rings. The minimum Gasteiger partial charge on any atom is -0.496 e. The Balaban J connectivity index is 2.21. The highest BCUT2D eigenvalue weighted by molar-refractivity contribution is 5.46. The number of hydrogen-bond donors (Lipinski definition) is 1. The van der Waals surface area contributed by atoms with Crippen LogP contribution in [0.1, 0.15) is 24.0 Å². The summed E-state index contributed by atoms with van der Waals surface area (Å²) < 4.78 is 23.6. The Kier molecular flexibility index (Phi) is 5.02. The van der Waals surface area contributed by atoms with E-state index in [1.807, 2.05) is 6.07 Å². The Morgan fingerprint density at radius 2 is 1.95 bits per heavy atom. The van der Waals surface area contributed by atoms with Gasteiger partial charge in [0.2, 0.25) is 0 Å². The quantitative estimate of drug-likeness (QED) is 0.889. The third-order valence-corrected chi connectivity index (χ3v) is 3.73. The van der Waals surface area contributed by atoms with Crippen LogP contribution in [0.3, 0.4) is 0 Å². The minimum atomic E-state index is -0.511. The molecule has 1 aliphatic heterocycles. The summed E-state index contributed by atoms with van der Waals surface area (Å²) in [6.45, 7) is 1.62. The maximum Gasteiger partial charge on any atom is 0.128 e. The number of halogens is 1. The highest BCUT2D eigenvalue weighted by Gasteiger charge is 2.18. The molecule has 1 aromatic carbocycles. The Morgan fingerprint density at radius 1 is 1.21 bits per heavy atom. The molecule has 1 unspecified atom stereocenters. The normalized spacial score (nSPS) is 19.2. The molecular formula is C15H22FNO2. The monoisotopic (exact) mass is 267 g/mol. The second kappa shape index (κ2) is 6.75. The van der Waals surface area contributed by atoms with E-state index in [0.29, 0.717) is 17.2 Å². The van der Waals surface area contributed by atoms with Gasteiger partial charge in [0.1, 0.15) is 18.2 Å². The van der Waals surface area contributed by atoms with Crippen molar-refractivity contribution in [3.05, 3.63) is 23.3 Å². The fourth-order valence-electron chi connectivity index (χ4n) is 2.71. The zero-order chi connectivity index (χ0) is 13.7. The molecule has 1 heterocycles. The lowest BCUT2D eigenvalue weighted by Gasteiger charge is -2.24. The number of benzene rings is 1. The van der Waals surface area contributed by atoms with Crippen LogP contribution in [0.4, 0.5) is 4.39 Å². The molecule has 0 saturated carbocycles. The third kappa shape index (κ3) is 3.38. The van der Waals surface area contributed by atoms with E-state index in [1.54, 1.807) is 20.3 Å². The van der Waals surface area contributed by atoms with Crippen molar-refractivity contribution in [2.24, 2.45) is 5.92 Å². The molecular weight excluding hydrogens is 245 g/mol. The average molecular weight is 267 g/mol. The highest BCUT2D eigenvalue weighted by Crippen LogP contribution is 2.32. The Bertz CT molecular complexity index is 417. The summed E-state index contributed by atoms with van der Waals surface area (Å²) in [5.74, 6) is 1.95. The molecule has 0 spiro atoms. The summed E-state index contributed by atoms with van der Waals surface area (Å²) in [5.41, 5.74) is 1.67.